The number of nitrogens with zero attached hydrogens (tertiary/aromatic N) is 2. The highest BCUT2D eigenvalue weighted by molar-refractivity contribution is 5.92. The van der Waals surface area contributed by atoms with Crippen molar-refractivity contribution in [2.75, 3.05) is 18.0 Å². The van der Waals surface area contributed by atoms with Crippen LogP contribution in [0.1, 0.15) is 6.42 Å². The Hall–Kier alpha value is -2.08. The van der Waals surface area contributed by atoms with Crippen LogP contribution < -0.4 is 16.4 Å². The van der Waals surface area contributed by atoms with E-state index in [1.165, 1.54) is 11.3 Å². The molecule has 0 aliphatic carbocycles. The van der Waals surface area contributed by atoms with Crippen LogP contribution >= 0.6 is 0 Å². The third-order valence-electron chi connectivity index (χ3n) is 2.48. The largest absolute Gasteiger partial charge is 0.443 e. The van der Waals surface area contributed by atoms with Crippen molar-refractivity contribution in [1.29, 1.82) is 0 Å². The fraction of sp³-hybridized carbons (Fsp3) is 0.273. The summed E-state index contributed by atoms with van der Waals surface area (Å²) >= 11 is 0. The van der Waals surface area contributed by atoms with Gasteiger partial charge in [-0.05, 0) is 31.2 Å². The smallest absolute Gasteiger partial charge is 0.319 e. The van der Waals surface area contributed by atoms with E-state index in [1.54, 1.807) is 18.2 Å². The van der Waals surface area contributed by atoms with E-state index >= 15 is 0 Å². The first-order chi connectivity index (χ1) is 8.22. The number of rotatable bonds is 4. The molecule has 0 saturated carbocycles. The van der Waals surface area contributed by atoms with Crippen LogP contribution in [0.25, 0.3) is 11.1 Å². The lowest BCUT2D eigenvalue weighted by molar-refractivity contribution is 0.254. The zero-order chi connectivity index (χ0) is 12.3. The minimum absolute atomic E-state index is 0.495. The van der Waals surface area contributed by atoms with Gasteiger partial charge in [-0.15, -0.1) is 0 Å². The molecular weight excluding hydrogens is 220 g/mol. The standard InChI is InChI=1S/C11H14N4O2/c12-4-1-5-15(11(13)16)8-2-3-10-9(6-8)14-7-17-10/h2-3,6-7H,1,4-5,12H2,(H2,13,16). The molecule has 90 valence electrons. The molecule has 0 atom stereocenters. The molecule has 1 aromatic carbocycles. The van der Waals surface area contributed by atoms with Gasteiger partial charge >= 0.3 is 6.03 Å². The highest BCUT2D eigenvalue weighted by Crippen LogP contribution is 2.21. The maximum absolute atomic E-state index is 11.3. The number of oxazole rings is 1. The maximum atomic E-state index is 11.3. The third-order valence-corrected chi connectivity index (χ3v) is 2.48. The van der Waals surface area contributed by atoms with Crippen LogP contribution in [-0.4, -0.2) is 24.1 Å². The van der Waals surface area contributed by atoms with Gasteiger partial charge < -0.3 is 15.9 Å². The lowest BCUT2D eigenvalue weighted by atomic mass is 10.2. The second-order valence-corrected chi connectivity index (χ2v) is 3.64. The minimum Gasteiger partial charge on any atom is -0.443 e. The van der Waals surface area contributed by atoms with Crippen LogP contribution in [-0.2, 0) is 0 Å². The molecule has 2 rings (SSSR count). The molecule has 6 nitrogen and oxygen atoms in total. The molecule has 0 bridgehead atoms. The van der Waals surface area contributed by atoms with Crippen LogP contribution in [0.3, 0.4) is 0 Å². The van der Waals surface area contributed by atoms with E-state index in [-0.39, 0.29) is 0 Å². The monoisotopic (exact) mass is 234 g/mol. The van der Waals surface area contributed by atoms with Gasteiger partial charge in [-0.2, -0.15) is 0 Å². The second kappa shape index (κ2) is 4.84. The minimum atomic E-state index is -0.499. The van der Waals surface area contributed by atoms with Crippen molar-refractivity contribution in [2.45, 2.75) is 6.42 Å². The highest BCUT2D eigenvalue weighted by Gasteiger charge is 2.12. The molecule has 6 heteroatoms. The van der Waals surface area contributed by atoms with Crippen molar-refractivity contribution in [2.24, 2.45) is 11.5 Å². The highest BCUT2D eigenvalue weighted by atomic mass is 16.3. The van der Waals surface area contributed by atoms with Gasteiger partial charge in [0.05, 0.1) is 0 Å². The number of anilines is 1. The van der Waals surface area contributed by atoms with E-state index < -0.39 is 6.03 Å². The van der Waals surface area contributed by atoms with Crippen LogP contribution in [0.4, 0.5) is 10.5 Å². The van der Waals surface area contributed by atoms with Crippen molar-refractivity contribution >= 4 is 22.8 Å². The molecule has 0 fully saturated rings. The Bertz CT molecular complexity index is 523. The van der Waals surface area contributed by atoms with Crippen LogP contribution in [0.5, 0.6) is 0 Å². The number of benzene rings is 1. The summed E-state index contributed by atoms with van der Waals surface area (Å²) in [7, 11) is 0. The Morgan fingerprint density at radius 1 is 1.47 bits per heavy atom. The molecule has 0 saturated heterocycles. The van der Waals surface area contributed by atoms with Gasteiger partial charge in [0.1, 0.15) is 5.52 Å². The molecule has 17 heavy (non-hydrogen) atoms. The first-order valence-electron chi connectivity index (χ1n) is 5.32. The van der Waals surface area contributed by atoms with E-state index in [4.69, 9.17) is 15.9 Å². The van der Waals surface area contributed by atoms with Crippen molar-refractivity contribution in [3.05, 3.63) is 24.6 Å². The average molecular weight is 234 g/mol. The number of hydrogen-bond donors (Lipinski definition) is 2. The Labute approximate surface area is 98.2 Å². The third kappa shape index (κ3) is 2.36. The molecule has 0 radical (unpaired) electrons. The predicted octanol–water partition coefficient (Wildman–Crippen LogP) is 1.06. The predicted molar refractivity (Wildman–Crippen MR) is 64.6 cm³/mol. The van der Waals surface area contributed by atoms with Gasteiger partial charge in [0, 0.05) is 12.2 Å². The summed E-state index contributed by atoms with van der Waals surface area (Å²) in [4.78, 5) is 16.8. The summed E-state index contributed by atoms with van der Waals surface area (Å²) in [5.74, 6) is 0. The second-order valence-electron chi connectivity index (χ2n) is 3.64. The molecule has 2 aromatic rings. The summed E-state index contributed by atoms with van der Waals surface area (Å²) in [6.07, 6.45) is 2.06. The normalized spacial score (nSPS) is 10.6. The van der Waals surface area contributed by atoms with Crippen molar-refractivity contribution in [3.63, 3.8) is 0 Å². The van der Waals surface area contributed by atoms with Crippen LogP contribution in [0.15, 0.2) is 29.0 Å². The molecule has 0 aliphatic rings. The van der Waals surface area contributed by atoms with Gasteiger partial charge in [0.15, 0.2) is 12.0 Å². The quantitative estimate of drug-likeness (QED) is 0.826. The molecule has 0 aliphatic heterocycles. The molecule has 0 unspecified atom stereocenters. The lowest BCUT2D eigenvalue weighted by Crippen LogP contribution is -2.37. The first-order valence-corrected chi connectivity index (χ1v) is 5.32. The molecule has 1 heterocycles. The molecule has 4 N–H and O–H groups in total. The van der Waals surface area contributed by atoms with Crippen molar-refractivity contribution < 1.29 is 9.21 Å². The Kier molecular flexibility index (Phi) is 3.24. The van der Waals surface area contributed by atoms with Crippen molar-refractivity contribution in [1.82, 2.24) is 4.98 Å². The summed E-state index contributed by atoms with van der Waals surface area (Å²) < 4.78 is 5.13. The number of aromatic nitrogens is 1. The number of amides is 2. The summed E-state index contributed by atoms with van der Waals surface area (Å²) in [5, 5.41) is 0. The van der Waals surface area contributed by atoms with E-state index in [0.29, 0.717) is 36.3 Å². The Morgan fingerprint density at radius 3 is 3.00 bits per heavy atom. The van der Waals surface area contributed by atoms with Gasteiger partial charge in [0.25, 0.3) is 0 Å². The van der Waals surface area contributed by atoms with Crippen LogP contribution in [0.2, 0.25) is 0 Å². The zero-order valence-electron chi connectivity index (χ0n) is 9.30. The van der Waals surface area contributed by atoms with Gasteiger partial charge in [-0.25, -0.2) is 9.78 Å². The van der Waals surface area contributed by atoms with E-state index in [2.05, 4.69) is 4.98 Å². The number of urea groups is 1. The number of nitrogens with two attached hydrogens (primary N) is 2. The van der Waals surface area contributed by atoms with Gasteiger partial charge in [0.2, 0.25) is 0 Å². The zero-order valence-corrected chi connectivity index (χ0v) is 9.30. The topological polar surface area (TPSA) is 98.4 Å². The van der Waals surface area contributed by atoms with Gasteiger partial charge in [-0.1, -0.05) is 0 Å². The number of primary amides is 1. The molecular formula is C11H14N4O2. The summed E-state index contributed by atoms with van der Waals surface area (Å²) in [5.41, 5.74) is 12.8. The number of fused-ring (bicyclic) bond motifs is 1. The van der Waals surface area contributed by atoms with Crippen LogP contribution in [0, 0.1) is 0 Å². The maximum Gasteiger partial charge on any atom is 0.319 e. The first kappa shape index (κ1) is 11.4. The average Bonchev–Trinajstić information content (AvgIpc) is 2.76. The SMILES string of the molecule is NCCCN(C(N)=O)c1ccc2ocnc2c1. The lowest BCUT2D eigenvalue weighted by Gasteiger charge is -2.19. The van der Waals surface area contributed by atoms with E-state index in [0.717, 1.165) is 0 Å². The number of carbonyl (C=O) groups excluding carboxylic acids is 1. The van der Waals surface area contributed by atoms with Gasteiger partial charge in [-0.3, -0.25) is 4.90 Å². The summed E-state index contributed by atoms with van der Waals surface area (Å²) in [6, 6.07) is 4.80. The molecule has 0 spiro atoms. The number of hydrogen-bond acceptors (Lipinski definition) is 4. The number of carbonyl (C=O) groups is 1. The Morgan fingerprint density at radius 2 is 2.29 bits per heavy atom. The fourth-order valence-electron chi connectivity index (χ4n) is 1.63. The molecule has 1 aromatic heterocycles. The molecule has 2 amide bonds. The van der Waals surface area contributed by atoms with E-state index in [1.807, 2.05) is 0 Å². The van der Waals surface area contributed by atoms with E-state index in [9.17, 15) is 4.79 Å². The Balaban J connectivity index is 2.30. The fourth-order valence-corrected chi connectivity index (χ4v) is 1.63. The summed E-state index contributed by atoms with van der Waals surface area (Å²) in [6.45, 7) is 1.01. The van der Waals surface area contributed by atoms with Crippen molar-refractivity contribution in [3.8, 4) is 0 Å².